The lowest BCUT2D eigenvalue weighted by Crippen LogP contribution is -2.16. The minimum atomic E-state index is -0.00148. The second-order valence-corrected chi connectivity index (χ2v) is 6.93. The molecule has 2 heteroatoms. The molecule has 20 heavy (non-hydrogen) atoms. The van der Waals surface area contributed by atoms with Gasteiger partial charge in [0.05, 0.1) is 13.0 Å². The molecule has 0 aliphatic heterocycles. The zero-order valence-electron chi connectivity index (χ0n) is 14.4. The SMILES string of the molecule is COC(=O)C(CCCCCC(C)C)CCCCC(C)C. The van der Waals surface area contributed by atoms with Crippen molar-refractivity contribution in [3.8, 4) is 0 Å². The number of rotatable bonds is 12. The standard InChI is InChI=1S/C18H36O2/c1-15(2)11-7-6-8-13-17(18(19)20-5)14-10-9-12-16(3)4/h15-17H,6-14H2,1-5H3. The molecule has 0 aromatic carbocycles. The van der Waals surface area contributed by atoms with E-state index in [4.69, 9.17) is 4.74 Å². The Balaban J connectivity index is 3.82. The number of unbranched alkanes of at least 4 members (excludes halogenated alkanes) is 3. The summed E-state index contributed by atoms with van der Waals surface area (Å²) in [4.78, 5) is 11.8. The summed E-state index contributed by atoms with van der Waals surface area (Å²) in [6.07, 6.45) is 10.7. The summed E-state index contributed by atoms with van der Waals surface area (Å²) in [5.41, 5.74) is 0. The van der Waals surface area contributed by atoms with Crippen LogP contribution < -0.4 is 0 Å². The molecule has 0 bridgehead atoms. The van der Waals surface area contributed by atoms with Crippen LogP contribution in [-0.4, -0.2) is 13.1 Å². The van der Waals surface area contributed by atoms with Crippen molar-refractivity contribution < 1.29 is 9.53 Å². The van der Waals surface area contributed by atoms with Crippen LogP contribution in [0.5, 0.6) is 0 Å². The van der Waals surface area contributed by atoms with Gasteiger partial charge in [-0.3, -0.25) is 4.79 Å². The Hall–Kier alpha value is -0.530. The summed E-state index contributed by atoms with van der Waals surface area (Å²) >= 11 is 0. The molecule has 0 aliphatic rings. The molecular weight excluding hydrogens is 248 g/mol. The van der Waals surface area contributed by atoms with Gasteiger partial charge in [0.2, 0.25) is 0 Å². The summed E-state index contributed by atoms with van der Waals surface area (Å²) in [5, 5.41) is 0. The molecule has 0 spiro atoms. The first kappa shape index (κ1) is 19.5. The van der Waals surface area contributed by atoms with Crippen molar-refractivity contribution in [2.45, 2.75) is 85.5 Å². The second-order valence-electron chi connectivity index (χ2n) is 6.93. The smallest absolute Gasteiger partial charge is 0.308 e. The Kier molecular flexibility index (Phi) is 11.9. The van der Waals surface area contributed by atoms with E-state index in [9.17, 15) is 4.79 Å². The third-order valence-electron chi connectivity index (χ3n) is 3.95. The Morgan fingerprint density at radius 2 is 1.15 bits per heavy atom. The minimum absolute atomic E-state index is 0.00148. The van der Waals surface area contributed by atoms with Gasteiger partial charge in [0.15, 0.2) is 0 Å². The third-order valence-corrected chi connectivity index (χ3v) is 3.95. The Labute approximate surface area is 126 Å². The Morgan fingerprint density at radius 1 is 0.750 bits per heavy atom. The minimum Gasteiger partial charge on any atom is -0.469 e. The molecule has 0 aromatic heterocycles. The summed E-state index contributed by atoms with van der Waals surface area (Å²) in [6.45, 7) is 9.05. The van der Waals surface area contributed by atoms with Crippen molar-refractivity contribution in [1.29, 1.82) is 0 Å². The number of carbonyl (C=O) groups excluding carboxylic acids is 1. The van der Waals surface area contributed by atoms with Crippen LogP contribution >= 0.6 is 0 Å². The number of esters is 1. The zero-order chi connectivity index (χ0) is 15.4. The number of methoxy groups -OCH3 is 1. The quantitative estimate of drug-likeness (QED) is 0.344. The lowest BCUT2D eigenvalue weighted by Gasteiger charge is -2.15. The van der Waals surface area contributed by atoms with Gasteiger partial charge in [-0.05, 0) is 24.7 Å². The zero-order valence-corrected chi connectivity index (χ0v) is 14.4. The molecule has 0 rings (SSSR count). The molecule has 0 radical (unpaired) electrons. The van der Waals surface area contributed by atoms with Gasteiger partial charge in [-0.25, -0.2) is 0 Å². The van der Waals surface area contributed by atoms with Gasteiger partial charge >= 0.3 is 5.97 Å². The van der Waals surface area contributed by atoms with E-state index in [0.29, 0.717) is 0 Å². The highest BCUT2D eigenvalue weighted by molar-refractivity contribution is 5.72. The molecule has 0 aliphatic carbocycles. The number of carbonyl (C=O) groups is 1. The molecule has 1 unspecified atom stereocenters. The summed E-state index contributed by atoms with van der Waals surface area (Å²) < 4.78 is 4.95. The van der Waals surface area contributed by atoms with E-state index < -0.39 is 0 Å². The first-order valence-electron chi connectivity index (χ1n) is 8.55. The first-order valence-corrected chi connectivity index (χ1v) is 8.55. The maximum Gasteiger partial charge on any atom is 0.308 e. The molecule has 1 atom stereocenters. The van der Waals surface area contributed by atoms with E-state index in [2.05, 4.69) is 27.7 Å². The van der Waals surface area contributed by atoms with Gasteiger partial charge < -0.3 is 4.74 Å². The van der Waals surface area contributed by atoms with Crippen LogP contribution in [0, 0.1) is 17.8 Å². The van der Waals surface area contributed by atoms with Crippen molar-refractivity contribution in [3.05, 3.63) is 0 Å². The van der Waals surface area contributed by atoms with Gasteiger partial charge in [0.1, 0.15) is 0 Å². The van der Waals surface area contributed by atoms with E-state index in [1.165, 1.54) is 39.2 Å². The topological polar surface area (TPSA) is 26.3 Å². The lowest BCUT2D eigenvalue weighted by atomic mass is 9.93. The molecule has 120 valence electrons. The fraction of sp³-hybridized carbons (Fsp3) is 0.944. The first-order chi connectivity index (χ1) is 9.47. The van der Waals surface area contributed by atoms with Crippen LogP contribution in [-0.2, 0) is 9.53 Å². The van der Waals surface area contributed by atoms with Gasteiger partial charge in [-0.1, -0.05) is 72.6 Å². The van der Waals surface area contributed by atoms with Crippen LogP contribution in [0.4, 0.5) is 0 Å². The molecule has 0 N–H and O–H groups in total. The average molecular weight is 284 g/mol. The molecular formula is C18H36O2. The van der Waals surface area contributed by atoms with Crippen LogP contribution in [0.1, 0.15) is 85.5 Å². The average Bonchev–Trinajstić information content (AvgIpc) is 2.39. The predicted octanol–water partition coefficient (Wildman–Crippen LogP) is 5.60. The maximum atomic E-state index is 11.8. The van der Waals surface area contributed by atoms with Crippen LogP contribution in [0.2, 0.25) is 0 Å². The van der Waals surface area contributed by atoms with Gasteiger partial charge in [0.25, 0.3) is 0 Å². The van der Waals surface area contributed by atoms with Crippen LogP contribution in [0.3, 0.4) is 0 Å². The molecule has 0 aromatic rings. The highest BCUT2D eigenvalue weighted by atomic mass is 16.5. The van der Waals surface area contributed by atoms with Gasteiger partial charge in [0, 0.05) is 0 Å². The second kappa shape index (κ2) is 12.2. The van der Waals surface area contributed by atoms with E-state index in [-0.39, 0.29) is 11.9 Å². The monoisotopic (exact) mass is 284 g/mol. The highest BCUT2D eigenvalue weighted by Crippen LogP contribution is 2.20. The van der Waals surface area contributed by atoms with E-state index >= 15 is 0 Å². The van der Waals surface area contributed by atoms with E-state index in [1.807, 2.05) is 0 Å². The molecule has 0 fully saturated rings. The van der Waals surface area contributed by atoms with Gasteiger partial charge in [-0.2, -0.15) is 0 Å². The lowest BCUT2D eigenvalue weighted by molar-refractivity contribution is -0.146. The summed E-state index contributed by atoms with van der Waals surface area (Å²) in [6, 6.07) is 0. The van der Waals surface area contributed by atoms with Crippen molar-refractivity contribution in [2.75, 3.05) is 7.11 Å². The van der Waals surface area contributed by atoms with Crippen molar-refractivity contribution >= 4 is 5.97 Å². The van der Waals surface area contributed by atoms with Crippen molar-refractivity contribution in [1.82, 2.24) is 0 Å². The van der Waals surface area contributed by atoms with E-state index in [0.717, 1.165) is 37.5 Å². The van der Waals surface area contributed by atoms with Gasteiger partial charge in [-0.15, -0.1) is 0 Å². The molecule has 0 heterocycles. The predicted molar refractivity (Wildman–Crippen MR) is 86.7 cm³/mol. The Morgan fingerprint density at radius 3 is 1.60 bits per heavy atom. The number of ether oxygens (including phenoxy) is 1. The number of hydrogen-bond acceptors (Lipinski definition) is 2. The molecule has 0 amide bonds. The molecule has 0 saturated heterocycles. The van der Waals surface area contributed by atoms with Crippen molar-refractivity contribution in [3.63, 3.8) is 0 Å². The largest absolute Gasteiger partial charge is 0.469 e. The third kappa shape index (κ3) is 11.3. The molecule has 0 saturated carbocycles. The molecule has 2 nitrogen and oxygen atoms in total. The normalized spacial score (nSPS) is 12.9. The van der Waals surface area contributed by atoms with Crippen molar-refractivity contribution in [2.24, 2.45) is 17.8 Å². The fourth-order valence-electron chi connectivity index (χ4n) is 2.61. The summed E-state index contributed by atoms with van der Waals surface area (Å²) in [7, 11) is 1.52. The van der Waals surface area contributed by atoms with Crippen LogP contribution in [0.15, 0.2) is 0 Å². The Bertz CT molecular complexity index is 234. The number of hydrogen-bond donors (Lipinski definition) is 0. The maximum absolute atomic E-state index is 11.8. The van der Waals surface area contributed by atoms with Crippen LogP contribution in [0.25, 0.3) is 0 Å². The fourth-order valence-corrected chi connectivity index (χ4v) is 2.61. The highest BCUT2D eigenvalue weighted by Gasteiger charge is 2.18. The van der Waals surface area contributed by atoms with E-state index in [1.54, 1.807) is 0 Å². The summed E-state index contributed by atoms with van der Waals surface area (Å²) in [5.74, 6) is 1.69.